The van der Waals surface area contributed by atoms with Gasteiger partial charge in [-0.3, -0.25) is 9.10 Å². The van der Waals surface area contributed by atoms with E-state index in [2.05, 4.69) is 5.32 Å². The van der Waals surface area contributed by atoms with E-state index in [-0.39, 0.29) is 22.7 Å². The average Bonchev–Trinajstić information content (AvgIpc) is 2.81. The van der Waals surface area contributed by atoms with Gasteiger partial charge in [-0.05, 0) is 42.8 Å². The van der Waals surface area contributed by atoms with E-state index in [1.54, 1.807) is 42.5 Å². The van der Waals surface area contributed by atoms with Crippen molar-refractivity contribution in [3.05, 3.63) is 95.1 Å². The molecule has 0 saturated carbocycles. The molecule has 0 heterocycles. The lowest BCUT2D eigenvalue weighted by atomic mass is 10.1. The molecule has 3 rings (SSSR count). The number of hydrogen-bond donors (Lipinski definition) is 3. The maximum absolute atomic E-state index is 13.4. The van der Waals surface area contributed by atoms with Gasteiger partial charge in [0, 0.05) is 12.1 Å². The lowest BCUT2D eigenvalue weighted by Gasteiger charge is -2.26. The second-order valence-corrected chi connectivity index (χ2v) is 9.26. The van der Waals surface area contributed by atoms with E-state index in [4.69, 9.17) is 5.11 Å². The zero-order valence-corrected chi connectivity index (χ0v) is 18.7. The fourth-order valence-corrected chi connectivity index (χ4v) is 4.69. The summed E-state index contributed by atoms with van der Waals surface area (Å²) in [4.78, 5) is 23.9. The number of benzene rings is 3. The van der Waals surface area contributed by atoms with E-state index in [9.17, 15) is 23.1 Å². The van der Waals surface area contributed by atoms with Crippen LogP contribution in [-0.2, 0) is 28.0 Å². The molecule has 1 amide bonds. The molecule has 3 N–H and O–H groups in total. The lowest BCUT2D eigenvalue weighted by Crippen LogP contribution is -2.41. The van der Waals surface area contributed by atoms with Crippen molar-refractivity contribution in [3.63, 3.8) is 0 Å². The molecule has 172 valence electrons. The number of aliphatic hydroxyl groups is 1. The molecule has 0 bridgehead atoms. The number of carboxylic acids is 1. The fraction of sp³-hybridized carbons (Fsp3) is 0.167. The second-order valence-electron chi connectivity index (χ2n) is 7.39. The highest BCUT2D eigenvalue weighted by Gasteiger charge is 2.28. The van der Waals surface area contributed by atoms with E-state index >= 15 is 0 Å². The van der Waals surface area contributed by atoms with E-state index in [1.165, 1.54) is 30.3 Å². The number of nitrogens with one attached hydrogen (secondary N) is 1. The van der Waals surface area contributed by atoms with E-state index in [0.29, 0.717) is 11.1 Å². The Morgan fingerprint density at radius 2 is 1.67 bits per heavy atom. The Morgan fingerprint density at radius 3 is 2.33 bits per heavy atom. The number of para-hydroxylation sites is 1. The summed E-state index contributed by atoms with van der Waals surface area (Å²) in [5, 5.41) is 21.5. The van der Waals surface area contributed by atoms with Crippen molar-refractivity contribution in [1.82, 2.24) is 5.32 Å². The first-order valence-electron chi connectivity index (χ1n) is 10.1. The van der Waals surface area contributed by atoms with Crippen LogP contribution in [0.3, 0.4) is 0 Å². The van der Waals surface area contributed by atoms with Gasteiger partial charge in [0.15, 0.2) is 0 Å². The summed E-state index contributed by atoms with van der Waals surface area (Å²) in [5.41, 5.74) is 2.09. The molecule has 0 atom stereocenters. The number of hydrogen-bond acceptors (Lipinski definition) is 5. The van der Waals surface area contributed by atoms with Crippen LogP contribution in [0.5, 0.6) is 0 Å². The van der Waals surface area contributed by atoms with Crippen LogP contribution in [0.25, 0.3) is 0 Å². The minimum atomic E-state index is -4.12. The Balaban J connectivity index is 1.88. The van der Waals surface area contributed by atoms with Crippen molar-refractivity contribution in [2.24, 2.45) is 0 Å². The predicted molar refractivity (Wildman–Crippen MR) is 123 cm³/mol. The zero-order chi connectivity index (χ0) is 24.0. The quantitative estimate of drug-likeness (QED) is 0.444. The number of carboxylic acid groups (broad SMARTS) is 1. The normalized spacial score (nSPS) is 11.1. The minimum Gasteiger partial charge on any atom is -0.478 e. The van der Waals surface area contributed by atoms with Crippen LogP contribution >= 0.6 is 0 Å². The molecule has 0 unspecified atom stereocenters. The van der Waals surface area contributed by atoms with Crippen LogP contribution in [0.4, 0.5) is 5.69 Å². The number of aromatic carboxylic acids is 1. The molecule has 0 aliphatic rings. The highest BCUT2D eigenvalue weighted by Crippen LogP contribution is 2.27. The number of nitrogens with zero attached hydrogens (tertiary/aromatic N) is 1. The molecular formula is C24H24N2O6S. The first-order valence-corrected chi connectivity index (χ1v) is 11.5. The molecule has 3 aromatic carbocycles. The number of rotatable bonds is 9. The van der Waals surface area contributed by atoms with Crippen LogP contribution < -0.4 is 9.62 Å². The van der Waals surface area contributed by atoms with Crippen LogP contribution in [0.1, 0.15) is 27.0 Å². The number of sulfonamides is 1. The summed E-state index contributed by atoms with van der Waals surface area (Å²) < 4.78 is 27.8. The third-order valence-electron chi connectivity index (χ3n) is 4.99. The number of carbonyl (C=O) groups excluding carboxylic acids is 1. The van der Waals surface area contributed by atoms with Crippen LogP contribution in [0.2, 0.25) is 0 Å². The molecule has 3 aromatic rings. The van der Waals surface area contributed by atoms with Crippen LogP contribution in [0, 0.1) is 6.92 Å². The van der Waals surface area contributed by atoms with Crippen LogP contribution in [-0.4, -0.2) is 37.1 Å². The third-order valence-corrected chi connectivity index (χ3v) is 6.76. The van der Waals surface area contributed by atoms with Gasteiger partial charge in [0.2, 0.25) is 5.91 Å². The van der Waals surface area contributed by atoms with E-state index in [0.717, 1.165) is 9.87 Å². The van der Waals surface area contributed by atoms with Crippen molar-refractivity contribution in [1.29, 1.82) is 0 Å². The van der Waals surface area contributed by atoms with Crippen molar-refractivity contribution < 1.29 is 28.2 Å². The summed E-state index contributed by atoms with van der Waals surface area (Å²) in [6.45, 7) is 0.938. The van der Waals surface area contributed by atoms with Gasteiger partial charge in [-0.2, -0.15) is 0 Å². The molecule has 9 heteroatoms. The monoisotopic (exact) mass is 468 g/mol. The molecule has 8 nitrogen and oxygen atoms in total. The molecule has 0 radical (unpaired) electrons. The summed E-state index contributed by atoms with van der Waals surface area (Å²) in [6.07, 6.45) is 0. The van der Waals surface area contributed by atoms with Gasteiger partial charge in [0.1, 0.15) is 6.54 Å². The van der Waals surface area contributed by atoms with E-state index in [1.807, 2.05) is 6.92 Å². The Morgan fingerprint density at radius 1 is 0.970 bits per heavy atom. The topological polar surface area (TPSA) is 124 Å². The maximum Gasteiger partial charge on any atom is 0.335 e. The summed E-state index contributed by atoms with van der Waals surface area (Å²) in [7, 11) is -4.12. The first-order chi connectivity index (χ1) is 15.7. The lowest BCUT2D eigenvalue weighted by molar-refractivity contribution is -0.119. The molecule has 0 saturated heterocycles. The van der Waals surface area contributed by atoms with Crippen molar-refractivity contribution in [2.75, 3.05) is 10.8 Å². The molecular weight excluding hydrogens is 444 g/mol. The Bertz CT molecular complexity index is 1260. The number of aryl methyl sites for hydroxylation is 1. The number of anilines is 1. The molecule has 0 aromatic heterocycles. The van der Waals surface area contributed by atoms with Gasteiger partial charge in [-0.1, -0.05) is 48.0 Å². The molecule has 0 spiro atoms. The third kappa shape index (κ3) is 5.76. The van der Waals surface area contributed by atoms with Gasteiger partial charge in [0.05, 0.1) is 22.8 Å². The average molecular weight is 469 g/mol. The Kier molecular flexibility index (Phi) is 7.47. The van der Waals surface area contributed by atoms with Crippen LogP contribution in [0.15, 0.2) is 77.7 Å². The molecule has 33 heavy (non-hydrogen) atoms. The zero-order valence-electron chi connectivity index (χ0n) is 17.9. The number of aliphatic hydroxyl groups excluding tert-OH is 1. The summed E-state index contributed by atoms with van der Waals surface area (Å²) in [6, 6.07) is 18.8. The Labute approximate surface area is 192 Å². The van der Waals surface area contributed by atoms with Gasteiger partial charge in [-0.15, -0.1) is 0 Å². The number of carbonyl (C=O) groups is 2. The largest absolute Gasteiger partial charge is 0.478 e. The molecule has 0 fully saturated rings. The summed E-state index contributed by atoms with van der Waals surface area (Å²) in [5.74, 6) is -1.67. The van der Waals surface area contributed by atoms with Gasteiger partial charge >= 0.3 is 5.97 Å². The first kappa shape index (κ1) is 24.0. The highest BCUT2D eigenvalue weighted by atomic mass is 32.2. The van der Waals surface area contributed by atoms with Gasteiger partial charge in [-0.25, -0.2) is 13.2 Å². The highest BCUT2D eigenvalue weighted by molar-refractivity contribution is 7.92. The maximum atomic E-state index is 13.4. The SMILES string of the molecule is Cc1ccc(S(=O)(=O)N(CC(=O)NCc2cccc(C(=O)O)c2)c2ccccc2CO)cc1. The van der Waals surface area contributed by atoms with Crippen molar-refractivity contribution >= 4 is 27.6 Å². The second kappa shape index (κ2) is 10.3. The minimum absolute atomic E-state index is 0.0165. The molecule has 0 aliphatic heterocycles. The van der Waals surface area contributed by atoms with Gasteiger partial charge < -0.3 is 15.5 Å². The van der Waals surface area contributed by atoms with Crippen molar-refractivity contribution in [2.45, 2.75) is 25.0 Å². The Hall–Kier alpha value is -3.69. The standard InChI is InChI=1S/C24H24N2O6S/c1-17-9-11-21(12-10-17)33(31,32)26(22-8-3-2-6-20(22)16-27)15-23(28)25-14-18-5-4-7-19(13-18)24(29)30/h2-13,27H,14-16H2,1H3,(H,25,28)(H,29,30). The predicted octanol–water partition coefficient (Wildman–Crippen LogP) is 2.70. The molecule has 0 aliphatic carbocycles. The van der Waals surface area contributed by atoms with E-state index < -0.39 is 35.1 Å². The summed E-state index contributed by atoms with van der Waals surface area (Å²) >= 11 is 0. The number of amides is 1. The smallest absolute Gasteiger partial charge is 0.335 e. The van der Waals surface area contributed by atoms with Crippen molar-refractivity contribution in [3.8, 4) is 0 Å². The van der Waals surface area contributed by atoms with Gasteiger partial charge in [0.25, 0.3) is 10.0 Å². The fourth-order valence-electron chi connectivity index (χ4n) is 3.23.